The van der Waals surface area contributed by atoms with Crippen molar-refractivity contribution in [1.29, 1.82) is 0 Å². The van der Waals surface area contributed by atoms with Crippen LogP contribution in [0.15, 0.2) is 12.4 Å². The van der Waals surface area contributed by atoms with Crippen molar-refractivity contribution in [1.82, 2.24) is 15.2 Å². The lowest BCUT2D eigenvalue weighted by atomic mass is 10.1. The second kappa shape index (κ2) is 7.73. The van der Waals surface area contributed by atoms with E-state index >= 15 is 0 Å². The number of ether oxygens (including phenoxy) is 1. The fraction of sp³-hybridized carbons (Fsp3) is 0.667. The molecule has 0 aliphatic carbocycles. The third-order valence-electron chi connectivity index (χ3n) is 4.20. The molecule has 6 heteroatoms. The topological polar surface area (TPSA) is 74.4 Å². The van der Waals surface area contributed by atoms with Crippen LogP contribution in [0.25, 0.3) is 0 Å². The number of H-pyrrole nitrogens is 1. The number of aryl methyl sites for hydroxylation is 1. The van der Waals surface area contributed by atoms with Crippen LogP contribution in [0.3, 0.4) is 0 Å². The minimum atomic E-state index is -0.466. The Morgan fingerprint density at radius 1 is 1.38 bits per heavy atom. The van der Waals surface area contributed by atoms with Gasteiger partial charge in [-0.1, -0.05) is 0 Å². The molecule has 1 aromatic heterocycles. The fourth-order valence-corrected chi connectivity index (χ4v) is 3.02. The molecule has 24 heavy (non-hydrogen) atoms. The van der Waals surface area contributed by atoms with E-state index in [0.29, 0.717) is 12.1 Å². The van der Waals surface area contributed by atoms with Crippen LogP contribution >= 0.6 is 0 Å². The van der Waals surface area contributed by atoms with E-state index in [9.17, 15) is 9.59 Å². The van der Waals surface area contributed by atoms with Crippen molar-refractivity contribution >= 4 is 12.0 Å². The van der Waals surface area contributed by atoms with Gasteiger partial charge in [0.05, 0.1) is 5.56 Å². The van der Waals surface area contributed by atoms with Crippen LogP contribution in [0.5, 0.6) is 0 Å². The highest BCUT2D eigenvalue weighted by molar-refractivity contribution is 5.95. The largest absolute Gasteiger partial charge is 0.444 e. The molecule has 0 unspecified atom stereocenters. The zero-order chi connectivity index (χ0) is 17.7. The van der Waals surface area contributed by atoms with E-state index < -0.39 is 5.60 Å². The summed E-state index contributed by atoms with van der Waals surface area (Å²) >= 11 is 0. The first-order valence-corrected chi connectivity index (χ1v) is 8.69. The van der Waals surface area contributed by atoms with Gasteiger partial charge >= 0.3 is 6.09 Å². The molecule has 134 valence electrons. The summed E-state index contributed by atoms with van der Waals surface area (Å²) in [5.41, 5.74) is 1.16. The highest BCUT2D eigenvalue weighted by Crippen LogP contribution is 2.23. The summed E-state index contributed by atoms with van der Waals surface area (Å²) in [7, 11) is 0. The van der Waals surface area contributed by atoms with Gasteiger partial charge in [0.25, 0.3) is 5.91 Å². The number of hydrogen-bond acceptors (Lipinski definition) is 3. The molecule has 1 fully saturated rings. The van der Waals surface area contributed by atoms with Gasteiger partial charge in [-0.2, -0.15) is 0 Å². The number of rotatable bonds is 5. The van der Waals surface area contributed by atoms with Crippen molar-refractivity contribution in [2.45, 2.75) is 65.0 Å². The number of aromatic nitrogens is 1. The maximum atomic E-state index is 12.2. The van der Waals surface area contributed by atoms with Gasteiger partial charge in [-0.05, 0) is 58.9 Å². The first-order valence-electron chi connectivity index (χ1n) is 8.69. The van der Waals surface area contributed by atoms with E-state index in [-0.39, 0.29) is 18.0 Å². The first-order chi connectivity index (χ1) is 11.3. The summed E-state index contributed by atoms with van der Waals surface area (Å²) < 4.78 is 5.47. The fourth-order valence-electron chi connectivity index (χ4n) is 3.02. The smallest absolute Gasteiger partial charge is 0.410 e. The lowest BCUT2D eigenvalue weighted by molar-refractivity contribution is 0.0218. The Morgan fingerprint density at radius 2 is 2.12 bits per heavy atom. The highest BCUT2D eigenvalue weighted by atomic mass is 16.6. The Hall–Kier alpha value is -1.98. The molecule has 6 nitrogen and oxygen atoms in total. The molecule has 2 amide bonds. The average Bonchev–Trinajstić information content (AvgIpc) is 3.10. The standard InChI is InChI=1S/C18H29N3O3/c1-13-11-19-12-15(13)16(22)20-9-5-7-14-8-6-10-21(14)17(23)24-18(2,3)4/h11-12,14,19H,5-10H2,1-4H3,(H,20,22)/t14-/m1/s1. The molecule has 0 saturated carbocycles. The zero-order valence-corrected chi connectivity index (χ0v) is 15.1. The van der Waals surface area contributed by atoms with Crippen molar-refractivity contribution in [3.8, 4) is 0 Å². The molecule has 1 atom stereocenters. The van der Waals surface area contributed by atoms with Crippen LogP contribution in [-0.4, -0.2) is 46.6 Å². The Balaban J connectivity index is 1.74. The van der Waals surface area contributed by atoms with Gasteiger partial charge in [-0.25, -0.2) is 4.79 Å². The Labute approximate surface area is 143 Å². The minimum absolute atomic E-state index is 0.0517. The van der Waals surface area contributed by atoms with Crippen molar-refractivity contribution in [2.24, 2.45) is 0 Å². The number of likely N-dealkylation sites (tertiary alicyclic amines) is 1. The predicted molar refractivity (Wildman–Crippen MR) is 93.1 cm³/mol. The summed E-state index contributed by atoms with van der Waals surface area (Å²) in [6.07, 6.45) is 7.04. The van der Waals surface area contributed by atoms with Gasteiger partial charge in [0.2, 0.25) is 0 Å². The van der Waals surface area contributed by atoms with E-state index in [1.165, 1.54) is 0 Å². The number of aromatic amines is 1. The molecule has 1 saturated heterocycles. The summed E-state index contributed by atoms with van der Waals surface area (Å²) in [4.78, 5) is 29.0. The minimum Gasteiger partial charge on any atom is -0.444 e. The molecular weight excluding hydrogens is 306 g/mol. The van der Waals surface area contributed by atoms with E-state index in [0.717, 1.165) is 37.8 Å². The molecule has 2 rings (SSSR count). The Morgan fingerprint density at radius 3 is 2.75 bits per heavy atom. The summed E-state index contributed by atoms with van der Waals surface area (Å²) in [6, 6.07) is 0.214. The van der Waals surface area contributed by atoms with Gasteiger partial charge in [0.15, 0.2) is 0 Å². The molecule has 2 heterocycles. The molecule has 0 radical (unpaired) electrons. The second-order valence-electron chi connectivity index (χ2n) is 7.42. The summed E-state index contributed by atoms with van der Waals surface area (Å²) in [6.45, 7) is 8.93. The Kier molecular flexibility index (Phi) is 5.91. The molecule has 2 N–H and O–H groups in total. The number of hydrogen-bond donors (Lipinski definition) is 2. The molecule has 0 aromatic carbocycles. The van der Waals surface area contributed by atoms with Crippen molar-refractivity contribution < 1.29 is 14.3 Å². The molecule has 1 aliphatic rings. The third kappa shape index (κ3) is 5.01. The monoisotopic (exact) mass is 335 g/mol. The van der Waals surface area contributed by atoms with Crippen molar-refractivity contribution in [2.75, 3.05) is 13.1 Å². The number of nitrogens with zero attached hydrogens (tertiary/aromatic N) is 1. The number of carbonyl (C=O) groups is 2. The van der Waals surface area contributed by atoms with Gasteiger partial charge < -0.3 is 19.9 Å². The van der Waals surface area contributed by atoms with Gasteiger partial charge in [0.1, 0.15) is 5.60 Å². The number of carbonyl (C=O) groups excluding carboxylic acids is 2. The maximum absolute atomic E-state index is 12.2. The van der Waals surface area contributed by atoms with Crippen molar-refractivity contribution in [3.05, 3.63) is 23.5 Å². The SMILES string of the molecule is Cc1c[nH]cc1C(=O)NCCC[C@@H]1CCCN1C(=O)OC(C)(C)C. The van der Waals surface area contributed by atoms with Crippen LogP contribution in [0.4, 0.5) is 4.79 Å². The third-order valence-corrected chi connectivity index (χ3v) is 4.20. The van der Waals surface area contributed by atoms with E-state index in [1.54, 1.807) is 6.20 Å². The highest BCUT2D eigenvalue weighted by Gasteiger charge is 2.31. The van der Waals surface area contributed by atoms with Crippen LogP contribution in [0.2, 0.25) is 0 Å². The van der Waals surface area contributed by atoms with Crippen LogP contribution in [-0.2, 0) is 4.74 Å². The average molecular weight is 335 g/mol. The first kappa shape index (κ1) is 18.4. The molecule has 1 aliphatic heterocycles. The molecular formula is C18H29N3O3. The van der Waals surface area contributed by atoms with Crippen molar-refractivity contribution in [3.63, 3.8) is 0 Å². The zero-order valence-electron chi connectivity index (χ0n) is 15.1. The van der Waals surface area contributed by atoms with Gasteiger partial charge in [-0.15, -0.1) is 0 Å². The van der Waals surface area contributed by atoms with Crippen LogP contribution in [0.1, 0.15) is 62.4 Å². The lowest BCUT2D eigenvalue weighted by Crippen LogP contribution is -2.40. The van der Waals surface area contributed by atoms with Crippen LogP contribution in [0, 0.1) is 6.92 Å². The Bertz CT molecular complexity index is 574. The number of amides is 2. The predicted octanol–water partition coefficient (Wildman–Crippen LogP) is 3.23. The van der Waals surface area contributed by atoms with E-state index in [1.807, 2.05) is 38.8 Å². The quantitative estimate of drug-likeness (QED) is 0.811. The second-order valence-corrected chi connectivity index (χ2v) is 7.42. The van der Waals surface area contributed by atoms with E-state index in [2.05, 4.69) is 10.3 Å². The molecule has 0 spiro atoms. The maximum Gasteiger partial charge on any atom is 0.410 e. The summed E-state index contributed by atoms with van der Waals surface area (Å²) in [5, 5.41) is 2.94. The normalized spacial score (nSPS) is 17.8. The lowest BCUT2D eigenvalue weighted by Gasteiger charge is -2.28. The van der Waals surface area contributed by atoms with E-state index in [4.69, 9.17) is 4.74 Å². The summed E-state index contributed by atoms with van der Waals surface area (Å²) in [5.74, 6) is -0.0517. The molecule has 0 bridgehead atoms. The van der Waals surface area contributed by atoms with Gasteiger partial charge in [-0.3, -0.25) is 4.79 Å². The number of nitrogens with one attached hydrogen (secondary N) is 2. The molecule has 1 aromatic rings. The van der Waals surface area contributed by atoms with Gasteiger partial charge in [0, 0.05) is 31.5 Å². The van der Waals surface area contributed by atoms with Crippen LogP contribution < -0.4 is 5.32 Å².